The summed E-state index contributed by atoms with van der Waals surface area (Å²) in [5.74, 6) is 2.95. The van der Waals surface area contributed by atoms with Gasteiger partial charge in [-0.25, -0.2) is 0 Å². The van der Waals surface area contributed by atoms with E-state index in [1.807, 2.05) is 29.2 Å². The molecule has 2 aromatic heterocycles. The first-order chi connectivity index (χ1) is 15.6. The number of ether oxygens (including phenoxy) is 3. The molecule has 1 amide bonds. The van der Waals surface area contributed by atoms with Crippen molar-refractivity contribution in [3.8, 4) is 28.7 Å². The molecule has 0 atom stereocenters. The molecule has 1 saturated heterocycles. The van der Waals surface area contributed by atoms with Crippen LogP contribution in [0.2, 0.25) is 0 Å². The Morgan fingerprint density at radius 2 is 1.84 bits per heavy atom. The van der Waals surface area contributed by atoms with Crippen LogP contribution in [-0.2, 0) is 11.2 Å². The summed E-state index contributed by atoms with van der Waals surface area (Å²) in [5.41, 5.74) is 1.61. The predicted molar refractivity (Wildman–Crippen MR) is 116 cm³/mol. The first-order valence-corrected chi connectivity index (χ1v) is 10.4. The van der Waals surface area contributed by atoms with Gasteiger partial charge in [0.1, 0.15) is 0 Å². The first kappa shape index (κ1) is 21.6. The molecule has 0 saturated carbocycles. The zero-order chi connectivity index (χ0) is 22.5. The molecular formula is C23H26N4O5. The van der Waals surface area contributed by atoms with E-state index in [0.29, 0.717) is 42.1 Å². The van der Waals surface area contributed by atoms with Crippen LogP contribution in [0.5, 0.6) is 17.2 Å². The summed E-state index contributed by atoms with van der Waals surface area (Å²) in [6.45, 7) is 1.29. The summed E-state index contributed by atoms with van der Waals surface area (Å²) < 4.78 is 21.5. The molecule has 1 fully saturated rings. The fourth-order valence-corrected chi connectivity index (χ4v) is 3.92. The highest BCUT2D eigenvalue weighted by Gasteiger charge is 2.27. The van der Waals surface area contributed by atoms with E-state index in [2.05, 4.69) is 15.1 Å². The monoisotopic (exact) mass is 438 g/mol. The smallest absolute Gasteiger partial charge is 0.259 e. The predicted octanol–water partition coefficient (Wildman–Crippen LogP) is 3.11. The maximum absolute atomic E-state index is 12.9. The number of rotatable bonds is 7. The number of piperidine rings is 1. The Morgan fingerprint density at radius 3 is 2.44 bits per heavy atom. The Bertz CT molecular complexity index is 1040. The van der Waals surface area contributed by atoms with Crippen LogP contribution in [0.15, 0.2) is 41.2 Å². The fraction of sp³-hybridized carbons (Fsp3) is 0.391. The van der Waals surface area contributed by atoms with E-state index < -0.39 is 0 Å². The summed E-state index contributed by atoms with van der Waals surface area (Å²) in [6, 6.07) is 7.34. The number of amides is 1. The van der Waals surface area contributed by atoms with Crippen molar-refractivity contribution in [3.05, 3.63) is 48.0 Å². The Morgan fingerprint density at radius 1 is 1.12 bits per heavy atom. The number of carbonyl (C=O) groups excluding carboxylic acids is 1. The van der Waals surface area contributed by atoms with Crippen LogP contribution in [0.3, 0.4) is 0 Å². The summed E-state index contributed by atoms with van der Waals surface area (Å²) in [7, 11) is 4.68. The number of hydrogen-bond donors (Lipinski definition) is 0. The van der Waals surface area contributed by atoms with Crippen molar-refractivity contribution in [1.82, 2.24) is 20.0 Å². The molecule has 1 aliphatic rings. The number of likely N-dealkylation sites (tertiary alicyclic amines) is 1. The molecule has 168 valence electrons. The second-order valence-electron chi connectivity index (χ2n) is 7.56. The summed E-state index contributed by atoms with van der Waals surface area (Å²) in [5, 5.41) is 4.15. The SMILES string of the molecule is COc1cc(CC(=O)N2CCC(c3noc(-c4cccnc4)n3)CC2)cc(OC)c1OC. The van der Waals surface area contributed by atoms with Crippen LogP contribution in [-0.4, -0.2) is 60.4 Å². The van der Waals surface area contributed by atoms with Gasteiger partial charge in [0.2, 0.25) is 11.7 Å². The zero-order valence-corrected chi connectivity index (χ0v) is 18.4. The van der Waals surface area contributed by atoms with Gasteiger partial charge in [-0.05, 0) is 42.7 Å². The molecule has 4 rings (SSSR count). The third-order valence-corrected chi connectivity index (χ3v) is 5.64. The van der Waals surface area contributed by atoms with E-state index in [0.717, 1.165) is 24.0 Å². The number of carbonyl (C=O) groups is 1. The maximum atomic E-state index is 12.9. The Labute approximate surface area is 186 Å². The molecule has 1 aliphatic heterocycles. The number of hydrogen-bond acceptors (Lipinski definition) is 8. The van der Waals surface area contributed by atoms with Gasteiger partial charge in [0, 0.05) is 31.4 Å². The zero-order valence-electron chi connectivity index (χ0n) is 18.4. The van der Waals surface area contributed by atoms with Crippen molar-refractivity contribution in [2.45, 2.75) is 25.2 Å². The van der Waals surface area contributed by atoms with Crippen LogP contribution in [0.25, 0.3) is 11.5 Å². The van der Waals surface area contributed by atoms with Crippen molar-refractivity contribution < 1.29 is 23.5 Å². The average Bonchev–Trinajstić information content (AvgIpc) is 3.34. The van der Waals surface area contributed by atoms with Gasteiger partial charge in [-0.15, -0.1) is 0 Å². The molecule has 3 aromatic rings. The normalized spacial score (nSPS) is 14.3. The van der Waals surface area contributed by atoms with E-state index in [1.54, 1.807) is 33.7 Å². The van der Waals surface area contributed by atoms with Crippen molar-refractivity contribution in [3.63, 3.8) is 0 Å². The molecule has 0 bridgehead atoms. The van der Waals surface area contributed by atoms with Crippen LogP contribution >= 0.6 is 0 Å². The number of benzene rings is 1. The molecule has 1 aromatic carbocycles. The minimum absolute atomic E-state index is 0.0573. The highest BCUT2D eigenvalue weighted by Crippen LogP contribution is 2.38. The number of aromatic nitrogens is 3. The second kappa shape index (κ2) is 9.67. The molecule has 0 unspecified atom stereocenters. The second-order valence-corrected chi connectivity index (χ2v) is 7.56. The van der Waals surface area contributed by atoms with Crippen molar-refractivity contribution >= 4 is 5.91 Å². The van der Waals surface area contributed by atoms with E-state index in [1.165, 1.54) is 0 Å². The van der Waals surface area contributed by atoms with Crippen LogP contribution in [0, 0.1) is 0 Å². The highest BCUT2D eigenvalue weighted by atomic mass is 16.5. The van der Waals surface area contributed by atoms with Gasteiger partial charge < -0.3 is 23.6 Å². The Kier molecular flexibility index (Phi) is 6.53. The first-order valence-electron chi connectivity index (χ1n) is 10.4. The van der Waals surface area contributed by atoms with Gasteiger partial charge in [-0.3, -0.25) is 9.78 Å². The molecule has 9 nitrogen and oxygen atoms in total. The lowest BCUT2D eigenvalue weighted by Crippen LogP contribution is -2.39. The van der Waals surface area contributed by atoms with Crippen molar-refractivity contribution in [2.75, 3.05) is 34.4 Å². The topological polar surface area (TPSA) is 99.8 Å². The van der Waals surface area contributed by atoms with Crippen LogP contribution in [0.4, 0.5) is 0 Å². The number of methoxy groups -OCH3 is 3. The molecule has 0 spiro atoms. The van der Waals surface area contributed by atoms with Crippen LogP contribution < -0.4 is 14.2 Å². The van der Waals surface area contributed by atoms with Gasteiger partial charge in [-0.2, -0.15) is 4.98 Å². The molecular weight excluding hydrogens is 412 g/mol. The third kappa shape index (κ3) is 4.51. The fourth-order valence-electron chi connectivity index (χ4n) is 3.92. The third-order valence-electron chi connectivity index (χ3n) is 5.64. The lowest BCUT2D eigenvalue weighted by atomic mass is 9.95. The summed E-state index contributed by atoms with van der Waals surface area (Å²) in [4.78, 5) is 23.4. The molecule has 9 heteroatoms. The van der Waals surface area contributed by atoms with Crippen molar-refractivity contribution in [2.24, 2.45) is 0 Å². The Hall–Kier alpha value is -3.62. The quantitative estimate of drug-likeness (QED) is 0.555. The summed E-state index contributed by atoms with van der Waals surface area (Å²) in [6.07, 6.45) is 5.22. The molecule has 0 aliphatic carbocycles. The van der Waals surface area contributed by atoms with Gasteiger partial charge in [0.05, 0.1) is 33.3 Å². The largest absolute Gasteiger partial charge is 0.493 e. The van der Waals surface area contributed by atoms with E-state index in [4.69, 9.17) is 18.7 Å². The summed E-state index contributed by atoms with van der Waals surface area (Å²) >= 11 is 0. The number of nitrogens with zero attached hydrogens (tertiary/aromatic N) is 4. The highest BCUT2D eigenvalue weighted by molar-refractivity contribution is 5.79. The number of pyridine rings is 1. The standard InChI is InChI=1S/C23H26N4O5/c1-29-18-11-15(12-19(30-2)21(18)31-3)13-20(28)27-9-6-16(7-10-27)22-25-23(32-26-22)17-5-4-8-24-14-17/h4-5,8,11-12,14,16H,6-7,9-10,13H2,1-3H3. The van der Waals surface area contributed by atoms with Gasteiger partial charge in [-0.1, -0.05) is 5.16 Å². The van der Waals surface area contributed by atoms with Gasteiger partial charge >= 0.3 is 0 Å². The maximum Gasteiger partial charge on any atom is 0.259 e. The molecule has 3 heterocycles. The average molecular weight is 438 g/mol. The lowest BCUT2D eigenvalue weighted by Gasteiger charge is -2.30. The molecule has 0 radical (unpaired) electrons. The minimum Gasteiger partial charge on any atom is -0.493 e. The molecule has 0 N–H and O–H groups in total. The lowest BCUT2D eigenvalue weighted by molar-refractivity contribution is -0.131. The van der Waals surface area contributed by atoms with E-state index >= 15 is 0 Å². The Balaban J connectivity index is 1.38. The van der Waals surface area contributed by atoms with E-state index in [-0.39, 0.29) is 18.2 Å². The van der Waals surface area contributed by atoms with E-state index in [9.17, 15) is 4.79 Å². The van der Waals surface area contributed by atoms with Gasteiger partial charge in [0.15, 0.2) is 17.3 Å². The van der Waals surface area contributed by atoms with Gasteiger partial charge in [0.25, 0.3) is 5.89 Å². The van der Waals surface area contributed by atoms with Crippen molar-refractivity contribution in [1.29, 1.82) is 0 Å². The molecule has 32 heavy (non-hydrogen) atoms. The van der Waals surface area contributed by atoms with Crippen LogP contribution in [0.1, 0.15) is 30.1 Å². The minimum atomic E-state index is 0.0573.